The van der Waals surface area contributed by atoms with Gasteiger partial charge in [0.1, 0.15) is 11.8 Å². The van der Waals surface area contributed by atoms with Gasteiger partial charge in [0.25, 0.3) is 17.7 Å². The van der Waals surface area contributed by atoms with Gasteiger partial charge in [0, 0.05) is 50.7 Å². The SMILES string of the molecule is O=C1CCC(N2C(=O)c3cc4c(cc3C2=O)CN(CC2CCN(C(=O)C3(F)CN(c5ccc([C@@H]6c7ccc(O)cc7CC[C@@H]6c6ccccc6)cc5)C3)CC2)C4)C(=O)N1. The van der Waals surface area contributed by atoms with Crippen LogP contribution in [0, 0.1) is 5.92 Å². The van der Waals surface area contributed by atoms with Gasteiger partial charge in [-0.25, -0.2) is 4.39 Å². The monoisotopic (exact) mass is 795 g/mol. The maximum Gasteiger partial charge on any atom is 0.264 e. The second-order valence-corrected chi connectivity index (χ2v) is 17.3. The number of hydrogen-bond acceptors (Lipinski definition) is 8. The number of amides is 5. The summed E-state index contributed by atoms with van der Waals surface area (Å²) < 4.78 is 16.2. The maximum atomic E-state index is 16.2. The van der Waals surface area contributed by atoms with E-state index in [-0.39, 0.29) is 43.5 Å². The van der Waals surface area contributed by atoms with E-state index in [2.05, 4.69) is 46.6 Å². The molecule has 0 bridgehead atoms. The van der Waals surface area contributed by atoms with Gasteiger partial charge in [-0.2, -0.15) is 0 Å². The molecule has 0 radical (unpaired) electrons. The number of rotatable bonds is 7. The van der Waals surface area contributed by atoms with Crippen LogP contribution in [0.4, 0.5) is 10.1 Å². The molecule has 5 heterocycles. The Kier molecular flexibility index (Phi) is 9.15. The first-order chi connectivity index (χ1) is 28.5. The molecule has 0 spiro atoms. The number of halogens is 1. The van der Waals surface area contributed by atoms with E-state index in [0.717, 1.165) is 53.9 Å². The lowest BCUT2D eigenvalue weighted by molar-refractivity contribution is -0.147. The highest BCUT2D eigenvalue weighted by Gasteiger charge is 2.52. The molecule has 4 aromatic carbocycles. The zero-order valence-electron chi connectivity index (χ0n) is 32.7. The van der Waals surface area contributed by atoms with Gasteiger partial charge in [-0.1, -0.05) is 48.5 Å². The lowest BCUT2D eigenvalue weighted by Gasteiger charge is -2.47. The van der Waals surface area contributed by atoms with E-state index in [1.807, 2.05) is 35.2 Å². The van der Waals surface area contributed by atoms with E-state index in [1.165, 1.54) is 22.3 Å². The zero-order chi connectivity index (χ0) is 40.6. The number of aromatic hydroxyl groups is 1. The van der Waals surface area contributed by atoms with Gasteiger partial charge in [0.2, 0.25) is 17.5 Å². The van der Waals surface area contributed by atoms with Crippen molar-refractivity contribution >= 4 is 35.2 Å². The lowest BCUT2D eigenvalue weighted by Crippen LogP contribution is -2.67. The Morgan fingerprint density at radius 1 is 0.763 bits per heavy atom. The highest BCUT2D eigenvalue weighted by molar-refractivity contribution is 6.23. The number of imide groups is 2. The summed E-state index contributed by atoms with van der Waals surface area (Å²) in [5.41, 5.74) is 6.37. The smallest absolute Gasteiger partial charge is 0.264 e. The van der Waals surface area contributed by atoms with E-state index in [1.54, 1.807) is 23.1 Å². The van der Waals surface area contributed by atoms with E-state index >= 15 is 4.39 Å². The minimum atomic E-state index is -1.92. The number of likely N-dealkylation sites (tertiary alicyclic amines) is 1. The van der Waals surface area contributed by atoms with Crippen LogP contribution in [0.5, 0.6) is 5.75 Å². The second-order valence-electron chi connectivity index (χ2n) is 17.3. The molecule has 5 aliphatic heterocycles. The quantitative estimate of drug-likeness (QED) is 0.237. The fourth-order valence-corrected chi connectivity index (χ4v) is 10.6. The van der Waals surface area contributed by atoms with Gasteiger partial charge >= 0.3 is 0 Å². The first-order valence-corrected chi connectivity index (χ1v) is 20.8. The molecule has 6 aliphatic rings. The van der Waals surface area contributed by atoms with Gasteiger partial charge in [-0.05, 0) is 114 Å². The number of phenols is 1. The Hall–Kier alpha value is -5.88. The molecule has 2 N–H and O–H groups in total. The molecule has 1 aliphatic carbocycles. The van der Waals surface area contributed by atoms with Crippen molar-refractivity contribution in [2.75, 3.05) is 37.6 Å². The number of alkyl halides is 1. The van der Waals surface area contributed by atoms with Gasteiger partial charge in [-0.15, -0.1) is 0 Å². The number of anilines is 1. The van der Waals surface area contributed by atoms with Crippen molar-refractivity contribution in [3.05, 3.63) is 129 Å². The molecule has 5 amide bonds. The van der Waals surface area contributed by atoms with Crippen LogP contribution < -0.4 is 10.2 Å². The van der Waals surface area contributed by atoms with E-state index in [9.17, 15) is 29.1 Å². The summed E-state index contributed by atoms with van der Waals surface area (Å²) in [5.74, 6) is -1.45. The van der Waals surface area contributed by atoms with Crippen molar-refractivity contribution in [3.63, 3.8) is 0 Å². The van der Waals surface area contributed by atoms with Crippen LogP contribution in [0.2, 0.25) is 0 Å². The number of nitrogens with zero attached hydrogens (tertiary/aromatic N) is 4. The van der Waals surface area contributed by atoms with Crippen LogP contribution in [-0.2, 0) is 33.9 Å². The molecular weight excluding hydrogens is 750 g/mol. The number of piperidine rings is 2. The first-order valence-electron chi connectivity index (χ1n) is 20.8. The van der Waals surface area contributed by atoms with Crippen molar-refractivity contribution in [1.29, 1.82) is 0 Å². The molecule has 12 heteroatoms. The van der Waals surface area contributed by atoms with Crippen molar-refractivity contribution in [3.8, 4) is 5.75 Å². The highest BCUT2D eigenvalue weighted by Crippen LogP contribution is 2.47. The number of carbonyl (C=O) groups is 5. The van der Waals surface area contributed by atoms with Crippen molar-refractivity contribution in [2.24, 2.45) is 5.92 Å². The summed E-state index contributed by atoms with van der Waals surface area (Å²) in [4.78, 5) is 71.2. The number of nitrogens with one attached hydrogen (secondary N) is 1. The Bertz CT molecular complexity index is 2340. The van der Waals surface area contributed by atoms with Gasteiger partial charge in [-0.3, -0.25) is 39.1 Å². The number of phenolic OH excluding ortho intramolecular Hbond substituents is 1. The Balaban J connectivity index is 0.730. The molecular formula is C47H46FN5O6. The molecule has 0 aromatic heterocycles. The van der Waals surface area contributed by atoms with E-state index < -0.39 is 41.2 Å². The fraction of sp³-hybridized carbons (Fsp3) is 0.383. The predicted molar refractivity (Wildman–Crippen MR) is 216 cm³/mol. The van der Waals surface area contributed by atoms with Crippen LogP contribution in [0.15, 0.2) is 84.9 Å². The molecule has 3 fully saturated rings. The number of benzene rings is 4. The summed E-state index contributed by atoms with van der Waals surface area (Å²) >= 11 is 0. The standard InChI is InChI=1S/C47H46FN5O6/c48-47(26-52(27-47)34-9-6-30(7-10-34)42-36(29-4-2-1-3-5-29)12-8-31-20-35(54)11-13-37(31)42)46(59)51-18-16-28(17-19-51)23-50-24-32-21-38-39(22-33(32)25-50)45(58)53(44(38)57)40-14-15-41(55)49-43(40)56/h1-7,9-11,13,20-22,28,36,40,42,54H,8,12,14-19,23-27H2,(H,49,55,56)/t36-,40?,42+/m1/s1. The van der Waals surface area contributed by atoms with Gasteiger partial charge in [0.05, 0.1) is 24.2 Å². The number of fused-ring (bicyclic) bond motifs is 3. The summed E-state index contributed by atoms with van der Waals surface area (Å²) in [6.45, 7) is 3.08. The van der Waals surface area contributed by atoms with Crippen molar-refractivity contribution in [1.82, 2.24) is 20.0 Å². The van der Waals surface area contributed by atoms with E-state index in [0.29, 0.717) is 43.2 Å². The van der Waals surface area contributed by atoms with E-state index in [4.69, 9.17) is 0 Å². The highest BCUT2D eigenvalue weighted by atomic mass is 19.1. The van der Waals surface area contributed by atoms with Crippen LogP contribution in [0.1, 0.15) is 98.0 Å². The number of aryl methyl sites for hydroxylation is 1. The summed E-state index contributed by atoms with van der Waals surface area (Å²) in [5, 5.41) is 12.4. The third kappa shape index (κ3) is 6.57. The summed E-state index contributed by atoms with van der Waals surface area (Å²) in [6.07, 6.45) is 3.60. The third-order valence-electron chi connectivity index (χ3n) is 13.7. The average Bonchev–Trinajstić information content (AvgIpc) is 3.74. The van der Waals surface area contributed by atoms with Crippen molar-refractivity contribution in [2.45, 2.75) is 75.2 Å². The fourth-order valence-electron chi connectivity index (χ4n) is 10.6. The van der Waals surface area contributed by atoms with Crippen LogP contribution in [0.3, 0.4) is 0 Å². The first kappa shape index (κ1) is 37.4. The molecule has 11 nitrogen and oxygen atoms in total. The molecule has 3 atom stereocenters. The minimum absolute atomic E-state index is 0.0234. The van der Waals surface area contributed by atoms with Crippen LogP contribution in [0.25, 0.3) is 0 Å². The lowest BCUT2D eigenvalue weighted by atomic mass is 9.69. The Morgan fingerprint density at radius 3 is 2.10 bits per heavy atom. The normalized spacial score (nSPS) is 24.1. The molecule has 59 heavy (non-hydrogen) atoms. The minimum Gasteiger partial charge on any atom is -0.508 e. The molecule has 10 rings (SSSR count). The Morgan fingerprint density at radius 2 is 1.44 bits per heavy atom. The Labute approximate surface area is 341 Å². The third-order valence-corrected chi connectivity index (χ3v) is 13.7. The molecule has 302 valence electrons. The van der Waals surface area contributed by atoms with Gasteiger partial charge < -0.3 is 14.9 Å². The maximum absolute atomic E-state index is 16.2. The molecule has 4 aromatic rings. The van der Waals surface area contributed by atoms with Gasteiger partial charge in [0.15, 0.2) is 0 Å². The van der Waals surface area contributed by atoms with Crippen molar-refractivity contribution < 1.29 is 33.5 Å². The molecule has 1 unspecified atom stereocenters. The topological polar surface area (TPSA) is 131 Å². The average molecular weight is 796 g/mol. The summed E-state index contributed by atoms with van der Waals surface area (Å²) in [6, 6.07) is 27.2. The summed E-state index contributed by atoms with van der Waals surface area (Å²) in [7, 11) is 0. The second kappa shape index (κ2) is 14.4. The van der Waals surface area contributed by atoms with Crippen LogP contribution in [-0.4, -0.2) is 93.8 Å². The zero-order valence-corrected chi connectivity index (χ0v) is 32.7. The largest absolute Gasteiger partial charge is 0.508 e. The number of hydrogen-bond donors (Lipinski definition) is 2. The molecule has 3 saturated heterocycles. The van der Waals surface area contributed by atoms with Crippen LogP contribution >= 0.6 is 0 Å². The predicted octanol–water partition coefficient (Wildman–Crippen LogP) is 5.44. The molecule has 0 saturated carbocycles. The number of carbonyl (C=O) groups excluding carboxylic acids is 5.